The minimum absolute atomic E-state index is 0.771. The number of carboxylic acids is 2. The second kappa shape index (κ2) is 6.83. The van der Waals surface area contributed by atoms with Crippen molar-refractivity contribution >= 4 is 27.1 Å². The zero-order chi connectivity index (χ0) is 17.1. The smallest absolute Gasteiger partial charge is 0.343 e. The van der Waals surface area contributed by atoms with Crippen LogP contribution in [0.15, 0.2) is 12.2 Å². The molecule has 21 heavy (non-hydrogen) atoms. The van der Waals surface area contributed by atoms with Crippen LogP contribution in [-0.2, 0) is 18.7 Å². The summed E-state index contributed by atoms with van der Waals surface area (Å²) in [6.45, 7) is 1.43. The number of hydrogen-bond acceptors (Lipinski definition) is 4. The van der Waals surface area contributed by atoms with E-state index in [4.69, 9.17) is 20.0 Å². The van der Waals surface area contributed by atoms with E-state index < -0.39 is 50.8 Å². The van der Waals surface area contributed by atoms with Gasteiger partial charge in [0.25, 0.3) is 0 Å². The lowest BCUT2D eigenvalue weighted by Gasteiger charge is -2.31. The molecule has 0 saturated heterocycles. The average molecular weight is 346 g/mol. The number of carboxylic acid groups (broad SMARTS) is 2. The van der Waals surface area contributed by atoms with E-state index in [9.17, 15) is 28.5 Å². The lowest BCUT2D eigenvalue weighted by atomic mass is 9.97. The summed E-state index contributed by atoms with van der Waals surface area (Å²) in [6.07, 6.45) is 0.176. The molecule has 10 nitrogen and oxygen atoms in total. The first-order valence-electron chi connectivity index (χ1n) is 5.48. The Morgan fingerprint density at radius 3 is 1.86 bits per heavy atom. The van der Waals surface area contributed by atoms with Gasteiger partial charge >= 0.3 is 27.1 Å². The Kier molecular flexibility index (Phi) is 6.50. The first-order valence-corrected chi connectivity index (χ1v) is 8.77. The molecule has 0 aromatic carbocycles. The van der Waals surface area contributed by atoms with Gasteiger partial charge in [0, 0.05) is 6.42 Å². The third-order valence-corrected chi connectivity index (χ3v) is 5.76. The van der Waals surface area contributed by atoms with Crippen molar-refractivity contribution in [2.45, 2.75) is 30.6 Å². The molecule has 0 heterocycles. The molecule has 0 rings (SSSR count). The predicted molar refractivity (Wildman–Crippen MR) is 69.9 cm³/mol. The highest BCUT2D eigenvalue weighted by Gasteiger charge is 2.57. The lowest BCUT2D eigenvalue weighted by Crippen LogP contribution is -2.43. The van der Waals surface area contributed by atoms with Crippen LogP contribution < -0.4 is 0 Å². The fourth-order valence-electron chi connectivity index (χ4n) is 1.60. The quantitative estimate of drug-likeness (QED) is 0.257. The second-order valence-corrected chi connectivity index (χ2v) is 8.05. The number of rotatable bonds is 8. The van der Waals surface area contributed by atoms with Crippen LogP contribution in [0, 0.1) is 0 Å². The topological polar surface area (TPSA) is 190 Å². The molecule has 0 radical (unpaired) electrons. The van der Waals surface area contributed by atoms with Crippen molar-refractivity contribution in [2.24, 2.45) is 0 Å². The van der Waals surface area contributed by atoms with Crippen LogP contribution in [0.4, 0.5) is 0 Å². The molecule has 0 fully saturated rings. The van der Waals surface area contributed by atoms with Crippen LogP contribution >= 0.6 is 15.2 Å². The number of hydrogen-bond donors (Lipinski definition) is 6. The first-order chi connectivity index (χ1) is 9.29. The highest BCUT2D eigenvalue weighted by molar-refractivity contribution is 7.55. The standard InChI is InChI=1S/C9H16O10P2/c1-2-3-4-9(8(12)13,21(17,18)19)5-6(7(10)11)20(14,15)16/h2-3,6H,4-5H2,1H3,(H,10,11)(H,12,13)(H2,14,15,16)(H2,17,18,19)/b3-2+. The third-order valence-electron chi connectivity index (χ3n) is 2.87. The Balaban J connectivity index is 6.03. The maximum Gasteiger partial charge on any atom is 0.343 e. The zero-order valence-electron chi connectivity index (χ0n) is 10.9. The second-order valence-electron chi connectivity index (χ2n) is 4.30. The van der Waals surface area contributed by atoms with E-state index >= 15 is 0 Å². The van der Waals surface area contributed by atoms with Crippen molar-refractivity contribution in [2.75, 3.05) is 0 Å². The molecule has 0 aromatic heterocycles. The molecule has 0 bridgehead atoms. The molecular weight excluding hydrogens is 330 g/mol. The van der Waals surface area contributed by atoms with Gasteiger partial charge in [0.05, 0.1) is 0 Å². The Morgan fingerprint density at radius 2 is 1.62 bits per heavy atom. The van der Waals surface area contributed by atoms with E-state index in [1.165, 1.54) is 13.0 Å². The third kappa shape index (κ3) is 4.74. The summed E-state index contributed by atoms with van der Waals surface area (Å²) in [5, 5.41) is 15.0. The van der Waals surface area contributed by atoms with E-state index in [0.717, 1.165) is 6.08 Å². The van der Waals surface area contributed by atoms with Crippen LogP contribution in [-0.4, -0.2) is 52.5 Å². The molecule has 0 aliphatic carbocycles. The van der Waals surface area contributed by atoms with Crippen molar-refractivity contribution in [3.63, 3.8) is 0 Å². The molecule has 0 saturated carbocycles. The van der Waals surface area contributed by atoms with Crippen molar-refractivity contribution in [1.29, 1.82) is 0 Å². The Labute approximate surface area is 119 Å². The molecule has 2 atom stereocenters. The molecule has 12 heteroatoms. The summed E-state index contributed by atoms with van der Waals surface area (Å²) in [5.74, 6) is -4.07. The van der Waals surface area contributed by atoms with Gasteiger partial charge < -0.3 is 29.8 Å². The molecule has 122 valence electrons. The molecule has 0 aliphatic rings. The van der Waals surface area contributed by atoms with Crippen molar-refractivity contribution < 1.29 is 48.5 Å². The Bertz CT molecular complexity index is 529. The summed E-state index contributed by atoms with van der Waals surface area (Å²) in [5.41, 5.74) is -2.54. The van der Waals surface area contributed by atoms with Gasteiger partial charge in [-0.05, 0) is 13.3 Å². The van der Waals surface area contributed by atoms with Gasteiger partial charge in [0.1, 0.15) is 0 Å². The lowest BCUT2D eigenvalue weighted by molar-refractivity contribution is -0.141. The molecular formula is C9H16O10P2. The first kappa shape index (κ1) is 20.0. The van der Waals surface area contributed by atoms with E-state index in [1.54, 1.807) is 0 Å². The molecule has 0 spiro atoms. The zero-order valence-corrected chi connectivity index (χ0v) is 12.6. The molecule has 0 aliphatic heterocycles. The maximum absolute atomic E-state index is 11.5. The average Bonchev–Trinajstić information content (AvgIpc) is 2.24. The van der Waals surface area contributed by atoms with Crippen LogP contribution in [0.2, 0.25) is 0 Å². The molecule has 6 N–H and O–H groups in total. The van der Waals surface area contributed by atoms with Gasteiger partial charge in [0.2, 0.25) is 0 Å². The monoisotopic (exact) mass is 346 g/mol. The summed E-state index contributed by atoms with van der Waals surface area (Å²) < 4.78 is 22.6. The molecule has 2 unspecified atom stereocenters. The van der Waals surface area contributed by atoms with Crippen LogP contribution in [0.3, 0.4) is 0 Å². The van der Waals surface area contributed by atoms with Crippen LogP contribution in [0.25, 0.3) is 0 Å². The minimum atomic E-state index is -5.41. The summed E-state index contributed by atoms with van der Waals surface area (Å²) in [7, 11) is -10.7. The van der Waals surface area contributed by atoms with Gasteiger partial charge in [-0.2, -0.15) is 0 Å². The number of carbonyl (C=O) groups is 2. The Hall–Kier alpha value is -1.02. The number of aliphatic carboxylic acids is 2. The van der Waals surface area contributed by atoms with E-state index in [1.807, 2.05) is 0 Å². The van der Waals surface area contributed by atoms with Crippen molar-refractivity contribution in [3.05, 3.63) is 12.2 Å². The molecule has 0 aromatic rings. The summed E-state index contributed by atoms with van der Waals surface area (Å²) in [6, 6.07) is 0. The van der Waals surface area contributed by atoms with Crippen molar-refractivity contribution in [3.8, 4) is 0 Å². The van der Waals surface area contributed by atoms with E-state index in [0.29, 0.717) is 0 Å². The minimum Gasteiger partial charge on any atom is -0.481 e. The summed E-state index contributed by atoms with van der Waals surface area (Å²) >= 11 is 0. The fourth-order valence-corrected chi connectivity index (χ4v) is 3.60. The largest absolute Gasteiger partial charge is 0.481 e. The molecule has 0 amide bonds. The van der Waals surface area contributed by atoms with E-state index in [2.05, 4.69) is 0 Å². The van der Waals surface area contributed by atoms with Gasteiger partial charge in [-0.25, -0.2) is 0 Å². The highest BCUT2D eigenvalue weighted by atomic mass is 31.2. The normalized spacial score (nSPS) is 17.4. The van der Waals surface area contributed by atoms with Gasteiger partial charge in [-0.15, -0.1) is 0 Å². The van der Waals surface area contributed by atoms with E-state index in [-0.39, 0.29) is 0 Å². The summed E-state index contributed by atoms with van der Waals surface area (Å²) in [4.78, 5) is 58.6. The van der Waals surface area contributed by atoms with Gasteiger partial charge in [0.15, 0.2) is 10.8 Å². The van der Waals surface area contributed by atoms with Crippen molar-refractivity contribution in [1.82, 2.24) is 0 Å². The Morgan fingerprint density at radius 1 is 1.14 bits per heavy atom. The van der Waals surface area contributed by atoms with Crippen LogP contribution in [0.1, 0.15) is 19.8 Å². The predicted octanol–water partition coefficient (Wildman–Crippen LogP) is -0.0253. The van der Waals surface area contributed by atoms with Gasteiger partial charge in [-0.3, -0.25) is 18.7 Å². The number of allylic oxidation sites excluding steroid dienone is 2. The van der Waals surface area contributed by atoms with Gasteiger partial charge in [-0.1, -0.05) is 12.2 Å². The fraction of sp³-hybridized carbons (Fsp3) is 0.556. The maximum atomic E-state index is 11.5. The van der Waals surface area contributed by atoms with Crippen LogP contribution in [0.5, 0.6) is 0 Å². The highest BCUT2D eigenvalue weighted by Crippen LogP contribution is 2.59. The SMILES string of the molecule is C/C=C/CC(CC(C(=O)O)P(=O)(O)O)(C(=O)O)P(=O)(O)O.